The van der Waals surface area contributed by atoms with Crippen LogP contribution in [0.1, 0.15) is 33.1 Å². The molecule has 4 fully saturated rings. The van der Waals surface area contributed by atoms with Crippen LogP contribution < -0.4 is 0 Å². The van der Waals surface area contributed by atoms with Crippen molar-refractivity contribution in [1.29, 1.82) is 0 Å². The maximum absolute atomic E-state index is 5.73. The van der Waals surface area contributed by atoms with Gasteiger partial charge in [0, 0.05) is 0 Å². The van der Waals surface area contributed by atoms with E-state index in [4.69, 9.17) is 4.74 Å². The molecule has 0 amide bonds. The Kier molecular flexibility index (Phi) is 2.04. The highest BCUT2D eigenvalue weighted by Crippen LogP contribution is 2.75. The van der Waals surface area contributed by atoms with Gasteiger partial charge in [-0.05, 0) is 55.3 Å². The predicted octanol–water partition coefficient (Wildman–Crippen LogP) is 3.26. The average Bonchev–Trinajstić information content (AvgIpc) is 2.79. The second-order valence-electron chi connectivity index (χ2n) is 6.32. The first-order chi connectivity index (χ1) is 7.12. The van der Waals surface area contributed by atoms with E-state index in [1.54, 1.807) is 0 Å². The summed E-state index contributed by atoms with van der Waals surface area (Å²) in [6, 6.07) is 0. The minimum absolute atomic E-state index is 0.760. The molecule has 4 saturated carbocycles. The number of rotatable bonds is 4. The zero-order valence-electron chi connectivity index (χ0n) is 9.96. The van der Waals surface area contributed by atoms with Gasteiger partial charge in [0.1, 0.15) is 0 Å². The summed E-state index contributed by atoms with van der Waals surface area (Å²) in [6.07, 6.45) is 4.50. The molecule has 1 nitrogen and oxygen atoms in total. The van der Waals surface area contributed by atoms with Crippen molar-refractivity contribution >= 4 is 0 Å². The van der Waals surface area contributed by atoms with Crippen molar-refractivity contribution in [3.05, 3.63) is 12.2 Å². The third-order valence-corrected chi connectivity index (χ3v) is 5.40. The molecule has 1 spiro atoms. The molecule has 0 aromatic carbocycles. The molecule has 4 aliphatic carbocycles. The molecule has 0 aromatic rings. The Morgan fingerprint density at radius 1 is 1.33 bits per heavy atom. The Morgan fingerprint density at radius 2 is 2.07 bits per heavy atom. The standard InChI is InChI=1S/C14H22O/c1-9(2)7-15-8-11-4-14-5-12(10(14)3)13(11)6-14/h10-13H,1,4-8H2,2-3H3/t10?,11?,12?,13-,14-/m1/s1. The largest absolute Gasteiger partial charge is 0.377 e. The average molecular weight is 206 g/mol. The monoisotopic (exact) mass is 206 g/mol. The van der Waals surface area contributed by atoms with Crippen molar-refractivity contribution in [1.82, 2.24) is 0 Å². The smallest absolute Gasteiger partial charge is 0.0671 e. The molecular formula is C14H22O. The molecular weight excluding hydrogens is 184 g/mol. The Hall–Kier alpha value is -0.300. The Morgan fingerprint density at radius 3 is 2.53 bits per heavy atom. The van der Waals surface area contributed by atoms with Crippen LogP contribution in [0.4, 0.5) is 0 Å². The van der Waals surface area contributed by atoms with E-state index in [1.165, 1.54) is 19.3 Å². The summed E-state index contributed by atoms with van der Waals surface area (Å²) in [5.74, 6) is 3.96. The lowest BCUT2D eigenvalue weighted by Gasteiger charge is -2.52. The van der Waals surface area contributed by atoms with E-state index in [9.17, 15) is 0 Å². The van der Waals surface area contributed by atoms with Crippen LogP contribution in [0.2, 0.25) is 0 Å². The van der Waals surface area contributed by atoms with Crippen LogP contribution in [-0.2, 0) is 4.74 Å². The molecule has 0 aromatic heterocycles. The van der Waals surface area contributed by atoms with E-state index in [0.717, 1.165) is 47.9 Å². The highest BCUT2D eigenvalue weighted by molar-refractivity contribution is 5.17. The molecule has 84 valence electrons. The third kappa shape index (κ3) is 1.25. The van der Waals surface area contributed by atoms with E-state index in [0.29, 0.717) is 0 Å². The van der Waals surface area contributed by atoms with Crippen LogP contribution >= 0.6 is 0 Å². The Balaban J connectivity index is 1.54. The van der Waals surface area contributed by atoms with Gasteiger partial charge in [-0.1, -0.05) is 19.1 Å². The summed E-state index contributed by atoms with van der Waals surface area (Å²) in [4.78, 5) is 0. The van der Waals surface area contributed by atoms with Crippen molar-refractivity contribution in [2.24, 2.45) is 29.1 Å². The third-order valence-electron chi connectivity index (χ3n) is 5.40. The fourth-order valence-corrected chi connectivity index (χ4v) is 4.65. The van der Waals surface area contributed by atoms with Crippen molar-refractivity contribution in [3.8, 4) is 0 Å². The van der Waals surface area contributed by atoms with Gasteiger partial charge in [-0.3, -0.25) is 0 Å². The van der Waals surface area contributed by atoms with Crippen LogP contribution in [0.15, 0.2) is 12.2 Å². The summed E-state index contributed by atoms with van der Waals surface area (Å²) < 4.78 is 5.73. The van der Waals surface area contributed by atoms with Gasteiger partial charge in [0.2, 0.25) is 0 Å². The molecule has 4 aliphatic rings. The van der Waals surface area contributed by atoms with Crippen LogP contribution in [-0.4, -0.2) is 13.2 Å². The van der Waals surface area contributed by atoms with Gasteiger partial charge in [-0.15, -0.1) is 0 Å². The van der Waals surface area contributed by atoms with Gasteiger partial charge in [-0.2, -0.15) is 0 Å². The number of hydrogen-bond acceptors (Lipinski definition) is 1. The summed E-state index contributed by atoms with van der Waals surface area (Å²) >= 11 is 0. The molecule has 3 bridgehead atoms. The first-order valence-corrected chi connectivity index (χ1v) is 6.34. The SMILES string of the molecule is C=C(C)COCC1C[C@]23CC(C2C)[C@@H]1C3. The van der Waals surface area contributed by atoms with Gasteiger partial charge < -0.3 is 4.74 Å². The van der Waals surface area contributed by atoms with E-state index >= 15 is 0 Å². The second-order valence-corrected chi connectivity index (χ2v) is 6.32. The van der Waals surface area contributed by atoms with Gasteiger partial charge >= 0.3 is 0 Å². The van der Waals surface area contributed by atoms with Crippen LogP contribution in [0, 0.1) is 29.1 Å². The maximum atomic E-state index is 5.73. The minimum Gasteiger partial charge on any atom is -0.377 e. The van der Waals surface area contributed by atoms with E-state index < -0.39 is 0 Å². The lowest BCUT2D eigenvalue weighted by Crippen LogP contribution is -2.45. The number of ether oxygens (including phenoxy) is 1. The normalized spacial score (nSPS) is 50.5. The molecule has 5 atom stereocenters. The van der Waals surface area contributed by atoms with Crippen LogP contribution in [0.25, 0.3) is 0 Å². The van der Waals surface area contributed by atoms with Crippen LogP contribution in [0.3, 0.4) is 0 Å². The Labute approximate surface area is 92.9 Å². The van der Waals surface area contributed by atoms with Crippen molar-refractivity contribution < 1.29 is 4.74 Å². The zero-order chi connectivity index (χ0) is 10.6. The molecule has 3 unspecified atom stereocenters. The predicted molar refractivity (Wildman–Crippen MR) is 61.6 cm³/mol. The zero-order valence-corrected chi connectivity index (χ0v) is 9.96. The topological polar surface area (TPSA) is 9.23 Å². The maximum Gasteiger partial charge on any atom is 0.0671 e. The van der Waals surface area contributed by atoms with Gasteiger partial charge in [-0.25, -0.2) is 0 Å². The van der Waals surface area contributed by atoms with Crippen LogP contribution in [0.5, 0.6) is 0 Å². The van der Waals surface area contributed by atoms with E-state index in [1.807, 2.05) is 6.92 Å². The molecule has 0 saturated heterocycles. The molecule has 0 N–H and O–H groups in total. The van der Waals surface area contributed by atoms with Gasteiger partial charge in [0.05, 0.1) is 13.2 Å². The minimum atomic E-state index is 0.760. The van der Waals surface area contributed by atoms with Crippen molar-refractivity contribution in [3.63, 3.8) is 0 Å². The molecule has 4 rings (SSSR count). The van der Waals surface area contributed by atoms with Crippen molar-refractivity contribution in [2.45, 2.75) is 33.1 Å². The second kappa shape index (κ2) is 3.10. The molecule has 0 heterocycles. The fourth-order valence-electron chi connectivity index (χ4n) is 4.65. The summed E-state index contributed by atoms with van der Waals surface area (Å²) in [7, 11) is 0. The number of hydrogen-bond donors (Lipinski definition) is 0. The highest BCUT2D eigenvalue weighted by atomic mass is 16.5. The van der Waals surface area contributed by atoms with E-state index in [-0.39, 0.29) is 0 Å². The lowest BCUT2D eigenvalue weighted by atomic mass is 9.54. The van der Waals surface area contributed by atoms with Gasteiger partial charge in [0.15, 0.2) is 0 Å². The molecule has 15 heavy (non-hydrogen) atoms. The highest BCUT2D eigenvalue weighted by Gasteiger charge is 2.68. The quantitative estimate of drug-likeness (QED) is 0.641. The summed E-state index contributed by atoms with van der Waals surface area (Å²) in [5.41, 5.74) is 1.92. The lowest BCUT2D eigenvalue weighted by molar-refractivity contribution is -0.0473. The Bertz CT molecular complexity index is 296. The summed E-state index contributed by atoms with van der Waals surface area (Å²) in [6.45, 7) is 10.1. The first-order valence-electron chi connectivity index (χ1n) is 6.34. The molecule has 0 aliphatic heterocycles. The van der Waals surface area contributed by atoms with Crippen molar-refractivity contribution in [2.75, 3.05) is 13.2 Å². The molecule has 0 radical (unpaired) electrons. The summed E-state index contributed by atoms with van der Waals surface area (Å²) in [5, 5.41) is 0. The van der Waals surface area contributed by atoms with E-state index in [2.05, 4.69) is 13.5 Å². The molecule has 1 heteroatoms. The first kappa shape index (κ1) is 9.89. The fraction of sp³-hybridized carbons (Fsp3) is 0.857. The van der Waals surface area contributed by atoms with Gasteiger partial charge in [0.25, 0.3) is 0 Å².